The Balaban J connectivity index is 1.26. The first kappa shape index (κ1) is 26.0. The molecule has 2 aromatic carbocycles. The highest BCUT2D eigenvalue weighted by Crippen LogP contribution is 2.31. The molecule has 5 rings (SSSR count). The van der Waals surface area contributed by atoms with Crippen LogP contribution >= 0.6 is 0 Å². The zero-order valence-corrected chi connectivity index (χ0v) is 21.4. The van der Waals surface area contributed by atoms with Crippen LogP contribution in [0, 0.1) is 24.1 Å². The summed E-state index contributed by atoms with van der Waals surface area (Å²) in [4.78, 5) is 16.7. The smallest absolute Gasteiger partial charge is 0.151 e. The molecule has 1 saturated heterocycles. The highest BCUT2D eigenvalue weighted by atomic mass is 19.1. The topological polar surface area (TPSA) is 141 Å². The molecule has 1 aliphatic rings. The first-order chi connectivity index (χ1) is 18.9. The van der Waals surface area contributed by atoms with Gasteiger partial charge in [-0.05, 0) is 44.0 Å². The number of nitrogens with one attached hydrogen (secondary N) is 2. The van der Waals surface area contributed by atoms with Crippen molar-refractivity contribution in [3.63, 3.8) is 0 Å². The van der Waals surface area contributed by atoms with E-state index in [1.165, 1.54) is 18.5 Å². The van der Waals surface area contributed by atoms with Gasteiger partial charge in [0.1, 0.15) is 53.2 Å². The maximum Gasteiger partial charge on any atom is 0.151 e. The van der Waals surface area contributed by atoms with Crippen LogP contribution in [0.15, 0.2) is 61.2 Å². The van der Waals surface area contributed by atoms with Crippen molar-refractivity contribution < 1.29 is 18.6 Å². The highest BCUT2D eigenvalue weighted by Gasteiger charge is 2.24. The third-order valence-electron chi connectivity index (χ3n) is 6.21. The summed E-state index contributed by atoms with van der Waals surface area (Å²) in [5.41, 5.74) is 8.99. The van der Waals surface area contributed by atoms with Gasteiger partial charge in [0.25, 0.3) is 0 Å². The Bertz CT molecular complexity index is 1440. The third kappa shape index (κ3) is 6.63. The maximum absolute atomic E-state index is 14.2. The molecular formula is C28H28FN7O3. The minimum Gasteiger partial charge on any atom is -0.489 e. The molecule has 0 unspecified atom stereocenters. The van der Waals surface area contributed by atoms with Crippen LogP contribution in [-0.4, -0.2) is 38.9 Å². The number of nitrogen functional groups attached to an aromatic ring is 1. The molecular weight excluding hydrogens is 501 g/mol. The molecule has 10 nitrogen and oxygen atoms in total. The second-order valence-corrected chi connectivity index (χ2v) is 9.08. The summed E-state index contributed by atoms with van der Waals surface area (Å²) in [5, 5.41) is 11.9. The molecule has 0 atom stereocenters. The maximum atomic E-state index is 14.2. The molecule has 0 bridgehead atoms. The summed E-state index contributed by atoms with van der Waals surface area (Å²) in [5.74, 6) is 1.59. The van der Waals surface area contributed by atoms with Crippen LogP contribution in [0.2, 0.25) is 0 Å². The summed E-state index contributed by atoms with van der Waals surface area (Å²) in [6.07, 6.45) is 6.23. The van der Waals surface area contributed by atoms with Crippen molar-refractivity contribution >= 4 is 22.9 Å². The van der Waals surface area contributed by atoms with Crippen molar-refractivity contribution in [2.75, 3.05) is 24.3 Å². The number of aryl methyl sites for hydroxylation is 1. The van der Waals surface area contributed by atoms with Gasteiger partial charge in [-0.3, -0.25) is 0 Å². The number of aromatic nitrogens is 4. The quantitative estimate of drug-likeness (QED) is 0.249. The molecule has 4 N–H and O–H groups in total. The molecule has 3 heterocycles. The van der Waals surface area contributed by atoms with E-state index in [2.05, 4.69) is 25.3 Å². The van der Waals surface area contributed by atoms with Crippen molar-refractivity contribution in [1.29, 1.82) is 5.41 Å². The number of rotatable bonds is 9. The molecule has 0 aliphatic carbocycles. The first-order valence-electron chi connectivity index (χ1n) is 12.5. The Morgan fingerprint density at radius 3 is 2.49 bits per heavy atom. The van der Waals surface area contributed by atoms with E-state index in [-0.39, 0.29) is 18.3 Å². The Morgan fingerprint density at radius 1 is 1.03 bits per heavy atom. The van der Waals surface area contributed by atoms with Gasteiger partial charge < -0.3 is 30.7 Å². The number of benzene rings is 2. The summed E-state index contributed by atoms with van der Waals surface area (Å²) >= 11 is 0. The molecule has 0 spiro atoms. The van der Waals surface area contributed by atoms with Gasteiger partial charge in [-0.25, -0.2) is 24.3 Å². The number of ether oxygens (including phenoxy) is 3. The van der Waals surface area contributed by atoms with Crippen molar-refractivity contribution in [1.82, 2.24) is 19.9 Å². The number of hydrogen-bond acceptors (Lipinski definition) is 10. The molecule has 2 aromatic heterocycles. The van der Waals surface area contributed by atoms with Crippen LogP contribution < -0.4 is 20.5 Å². The Labute approximate surface area is 224 Å². The summed E-state index contributed by atoms with van der Waals surface area (Å²) in [6.45, 7) is 3.24. The van der Waals surface area contributed by atoms with E-state index in [4.69, 9.17) is 25.4 Å². The van der Waals surface area contributed by atoms with E-state index >= 15 is 0 Å². The van der Waals surface area contributed by atoms with Gasteiger partial charge in [0, 0.05) is 61.0 Å². The molecule has 11 heteroatoms. The molecule has 200 valence electrons. The fourth-order valence-corrected chi connectivity index (χ4v) is 4.13. The van der Waals surface area contributed by atoms with Gasteiger partial charge >= 0.3 is 0 Å². The summed E-state index contributed by atoms with van der Waals surface area (Å²) in [6, 6.07) is 11.2. The van der Waals surface area contributed by atoms with Crippen molar-refractivity contribution in [2.24, 2.45) is 5.92 Å². The van der Waals surface area contributed by atoms with E-state index < -0.39 is 5.82 Å². The van der Waals surface area contributed by atoms with E-state index in [1.54, 1.807) is 49.6 Å². The lowest BCUT2D eigenvalue weighted by Crippen LogP contribution is -2.25. The average Bonchev–Trinajstić information content (AvgIpc) is 2.95. The van der Waals surface area contributed by atoms with Gasteiger partial charge in [0.2, 0.25) is 0 Å². The minimum absolute atomic E-state index is 0.0507. The number of nitrogens with two attached hydrogens (primary N) is 1. The predicted molar refractivity (Wildman–Crippen MR) is 144 cm³/mol. The van der Waals surface area contributed by atoms with Crippen LogP contribution in [0.1, 0.15) is 29.9 Å². The lowest BCUT2D eigenvalue weighted by atomic mass is 9.92. The van der Waals surface area contributed by atoms with E-state index in [1.807, 2.05) is 0 Å². The van der Waals surface area contributed by atoms with Crippen LogP contribution in [0.5, 0.6) is 17.2 Å². The van der Waals surface area contributed by atoms with Crippen LogP contribution in [-0.2, 0) is 11.3 Å². The van der Waals surface area contributed by atoms with Crippen LogP contribution in [0.25, 0.3) is 0 Å². The number of halogens is 1. The third-order valence-corrected chi connectivity index (χ3v) is 6.21. The fourth-order valence-electron chi connectivity index (χ4n) is 4.13. The molecule has 0 radical (unpaired) electrons. The number of nitrogens with zero attached hydrogens (tertiary/aromatic N) is 4. The van der Waals surface area contributed by atoms with Crippen LogP contribution in [0.3, 0.4) is 0 Å². The molecule has 1 fully saturated rings. The second-order valence-electron chi connectivity index (χ2n) is 9.08. The molecule has 39 heavy (non-hydrogen) atoms. The normalized spacial score (nSPS) is 13.6. The van der Waals surface area contributed by atoms with Gasteiger partial charge in [-0.2, -0.15) is 0 Å². The van der Waals surface area contributed by atoms with Gasteiger partial charge in [-0.1, -0.05) is 0 Å². The predicted octanol–water partition coefficient (Wildman–Crippen LogP) is 5.21. The van der Waals surface area contributed by atoms with Crippen molar-refractivity contribution in [2.45, 2.75) is 26.4 Å². The fraction of sp³-hybridized carbons (Fsp3) is 0.250. The summed E-state index contributed by atoms with van der Waals surface area (Å²) < 4.78 is 31.2. The monoisotopic (exact) mass is 529 g/mol. The van der Waals surface area contributed by atoms with Gasteiger partial charge in [0.05, 0.1) is 5.71 Å². The SMILES string of the molecule is Cc1ncc(COc2cc(F)cc(Oc3ccc(Nc4c(N)ncnc4C(=N)C4CCOCC4)cc3)c2)cn1. The number of hydrogen-bond donors (Lipinski definition) is 3. The lowest BCUT2D eigenvalue weighted by Gasteiger charge is -2.24. The standard InChI is InChI=1S/C28H28FN7O3/c1-17-32-13-18(14-33-17)15-38-23-10-20(29)11-24(12-23)39-22-4-2-21(3-5-22)36-27-26(34-16-35-28(27)31)25(30)19-6-8-37-9-7-19/h2-5,10-14,16,19,30,36H,6-9,15H2,1H3,(H2,31,34,35). The van der Waals surface area contributed by atoms with E-state index in [0.29, 0.717) is 59.1 Å². The Hall–Kier alpha value is -4.64. The highest BCUT2D eigenvalue weighted by molar-refractivity contribution is 6.05. The number of anilines is 3. The summed E-state index contributed by atoms with van der Waals surface area (Å²) in [7, 11) is 0. The zero-order chi connectivity index (χ0) is 27.2. The minimum atomic E-state index is -0.486. The van der Waals surface area contributed by atoms with Gasteiger partial charge in [0.15, 0.2) is 5.82 Å². The van der Waals surface area contributed by atoms with Crippen molar-refractivity contribution in [3.8, 4) is 17.2 Å². The lowest BCUT2D eigenvalue weighted by molar-refractivity contribution is 0.0827. The largest absolute Gasteiger partial charge is 0.489 e. The van der Waals surface area contributed by atoms with E-state index in [0.717, 1.165) is 18.4 Å². The molecule has 1 aliphatic heterocycles. The molecule has 4 aromatic rings. The second kappa shape index (κ2) is 11.8. The molecule has 0 amide bonds. The van der Waals surface area contributed by atoms with Crippen molar-refractivity contribution in [3.05, 3.63) is 84.1 Å². The van der Waals surface area contributed by atoms with Crippen LogP contribution in [0.4, 0.5) is 21.6 Å². The molecule has 0 saturated carbocycles. The first-order valence-corrected chi connectivity index (χ1v) is 12.5. The van der Waals surface area contributed by atoms with Gasteiger partial charge in [-0.15, -0.1) is 0 Å². The Kier molecular flexibility index (Phi) is 7.88. The Morgan fingerprint density at radius 2 is 1.74 bits per heavy atom. The average molecular weight is 530 g/mol. The van der Waals surface area contributed by atoms with E-state index in [9.17, 15) is 4.39 Å². The zero-order valence-electron chi connectivity index (χ0n) is 21.4.